The molecule has 0 heterocycles. The number of nitrogens with two attached hydrogens (primary N) is 1. The molecule has 0 saturated heterocycles. The first-order valence-electron chi connectivity index (χ1n) is 5.75. The lowest BCUT2D eigenvalue weighted by Crippen LogP contribution is -2.47. The summed E-state index contributed by atoms with van der Waals surface area (Å²) in [7, 11) is 0. The van der Waals surface area contributed by atoms with Crippen molar-refractivity contribution in [2.45, 2.75) is 44.2 Å². The van der Waals surface area contributed by atoms with Gasteiger partial charge in [0.15, 0.2) is 0 Å². The highest BCUT2D eigenvalue weighted by molar-refractivity contribution is 5.84. The molecule has 2 unspecified atom stereocenters. The number of carbonyl (C=O) groups is 1. The van der Waals surface area contributed by atoms with Crippen LogP contribution in [0.15, 0.2) is 5.16 Å². The SMILES string of the molecule is NC(=NO)C1CCCC1NC(=O)NC1CC1. The average Bonchev–Trinajstić information content (AvgIpc) is 2.94. The molecule has 2 rings (SSSR count). The van der Waals surface area contributed by atoms with Crippen LogP contribution < -0.4 is 16.4 Å². The molecule has 2 fully saturated rings. The lowest BCUT2D eigenvalue weighted by molar-refractivity contribution is 0.235. The quantitative estimate of drug-likeness (QED) is 0.242. The maximum Gasteiger partial charge on any atom is 0.315 e. The molecule has 2 amide bonds. The molecule has 16 heavy (non-hydrogen) atoms. The predicted octanol–water partition coefficient (Wildman–Crippen LogP) is 0.363. The van der Waals surface area contributed by atoms with Crippen molar-refractivity contribution >= 4 is 11.9 Å². The van der Waals surface area contributed by atoms with Crippen molar-refractivity contribution in [1.29, 1.82) is 0 Å². The van der Waals surface area contributed by atoms with Crippen molar-refractivity contribution in [2.75, 3.05) is 0 Å². The predicted molar refractivity (Wildman–Crippen MR) is 59.2 cm³/mol. The summed E-state index contributed by atoms with van der Waals surface area (Å²) in [6.45, 7) is 0. The largest absolute Gasteiger partial charge is 0.409 e. The van der Waals surface area contributed by atoms with Gasteiger partial charge in [-0.05, 0) is 25.7 Å². The van der Waals surface area contributed by atoms with Gasteiger partial charge in [-0.1, -0.05) is 11.6 Å². The van der Waals surface area contributed by atoms with Gasteiger partial charge < -0.3 is 21.6 Å². The average molecular weight is 226 g/mol. The minimum absolute atomic E-state index is 0.00495. The summed E-state index contributed by atoms with van der Waals surface area (Å²) in [6, 6.07) is 0.212. The second-order valence-corrected chi connectivity index (χ2v) is 4.56. The Morgan fingerprint density at radius 3 is 2.62 bits per heavy atom. The Morgan fingerprint density at radius 2 is 2.00 bits per heavy atom. The Labute approximate surface area is 94.3 Å². The number of oxime groups is 1. The minimum Gasteiger partial charge on any atom is -0.409 e. The summed E-state index contributed by atoms with van der Waals surface area (Å²) in [6.07, 6.45) is 4.89. The number of amidine groups is 1. The van der Waals surface area contributed by atoms with Gasteiger partial charge in [-0.3, -0.25) is 0 Å². The van der Waals surface area contributed by atoms with E-state index in [2.05, 4.69) is 15.8 Å². The first-order chi connectivity index (χ1) is 7.70. The van der Waals surface area contributed by atoms with Crippen molar-refractivity contribution in [1.82, 2.24) is 10.6 Å². The summed E-state index contributed by atoms with van der Waals surface area (Å²) in [5.74, 6) is 0.184. The van der Waals surface area contributed by atoms with Crippen LogP contribution in [0.3, 0.4) is 0 Å². The third-order valence-electron chi connectivity index (χ3n) is 3.24. The summed E-state index contributed by atoms with van der Waals surface area (Å²) < 4.78 is 0. The molecule has 2 aliphatic rings. The van der Waals surface area contributed by atoms with Crippen LogP contribution in [0, 0.1) is 5.92 Å². The highest BCUT2D eigenvalue weighted by Crippen LogP contribution is 2.26. The third kappa shape index (κ3) is 2.56. The van der Waals surface area contributed by atoms with Gasteiger partial charge in [-0.2, -0.15) is 0 Å². The molecular weight excluding hydrogens is 208 g/mol. The third-order valence-corrected chi connectivity index (χ3v) is 3.24. The molecule has 6 heteroatoms. The molecule has 90 valence electrons. The molecule has 0 aromatic carbocycles. The summed E-state index contributed by atoms with van der Waals surface area (Å²) in [5.41, 5.74) is 5.59. The highest BCUT2D eigenvalue weighted by Gasteiger charge is 2.32. The number of hydrogen-bond acceptors (Lipinski definition) is 3. The topological polar surface area (TPSA) is 99.7 Å². The van der Waals surface area contributed by atoms with Gasteiger partial charge in [0, 0.05) is 18.0 Å². The molecule has 0 radical (unpaired) electrons. The zero-order valence-corrected chi connectivity index (χ0v) is 9.15. The number of amides is 2. The van der Waals surface area contributed by atoms with Crippen molar-refractivity contribution in [2.24, 2.45) is 16.8 Å². The smallest absolute Gasteiger partial charge is 0.315 e. The van der Waals surface area contributed by atoms with Crippen molar-refractivity contribution in [3.05, 3.63) is 0 Å². The van der Waals surface area contributed by atoms with Crippen LogP contribution in [-0.4, -0.2) is 29.2 Å². The second-order valence-electron chi connectivity index (χ2n) is 4.56. The molecule has 2 aliphatic carbocycles. The van der Waals surface area contributed by atoms with Crippen molar-refractivity contribution in [3.63, 3.8) is 0 Å². The van der Waals surface area contributed by atoms with Crippen molar-refractivity contribution in [3.8, 4) is 0 Å². The van der Waals surface area contributed by atoms with E-state index in [4.69, 9.17) is 10.9 Å². The summed E-state index contributed by atoms with van der Waals surface area (Å²) >= 11 is 0. The van der Waals surface area contributed by atoms with Gasteiger partial charge in [0.1, 0.15) is 5.84 Å². The van der Waals surface area contributed by atoms with Gasteiger partial charge in [-0.15, -0.1) is 0 Å². The van der Waals surface area contributed by atoms with Crippen LogP contribution in [-0.2, 0) is 0 Å². The van der Waals surface area contributed by atoms with Gasteiger partial charge in [-0.25, -0.2) is 4.79 Å². The molecule has 0 aromatic rings. The van der Waals surface area contributed by atoms with Gasteiger partial charge in [0.2, 0.25) is 0 Å². The van der Waals surface area contributed by atoms with E-state index in [9.17, 15) is 4.79 Å². The first kappa shape index (κ1) is 11.0. The number of urea groups is 1. The van der Waals surface area contributed by atoms with E-state index in [1.165, 1.54) is 0 Å². The maximum atomic E-state index is 11.5. The van der Waals surface area contributed by atoms with E-state index in [0.717, 1.165) is 32.1 Å². The van der Waals surface area contributed by atoms with E-state index in [1.54, 1.807) is 0 Å². The minimum atomic E-state index is -0.134. The fourth-order valence-electron chi connectivity index (χ4n) is 2.18. The Balaban J connectivity index is 1.84. The molecule has 5 N–H and O–H groups in total. The lowest BCUT2D eigenvalue weighted by Gasteiger charge is -2.19. The van der Waals surface area contributed by atoms with Crippen LogP contribution in [0.4, 0.5) is 4.79 Å². The number of hydrogen-bond donors (Lipinski definition) is 4. The van der Waals surface area contributed by atoms with E-state index < -0.39 is 0 Å². The summed E-state index contributed by atoms with van der Waals surface area (Å²) in [4.78, 5) is 11.5. The zero-order chi connectivity index (χ0) is 11.5. The Bertz CT molecular complexity index is 301. The van der Waals surface area contributed by atoms with Crippen LogP contribution in [0.1, 0.15) is 32.1 Å². The Morgan fingerprint density at radius 1 is 1.25 bits per heavy atom. The number of nitrogens with zero attached hydrogens (tertiary/aromatic N) is 1. The molecule has 6 nitrogen and oxygen atoms in total. The fraction of sp³-hybridized carbons (Fsp3) is 0.800. The molecule has 2 saturated carbocycles. The highest BCUT2D eigenvalue weighted by atomic mass is 16.4. The zero-order valence-electron chi connectivity index (χ0n) is 9.15. The first-order valence-corrected chi connectivity index (χ1v) is 5.75. The summed E-state index contributed by atoms with van der Waals surface area (Å²) in [5, 5.41) is 17.4. The number of carbonyl (C=O) groups excluding carboxylic acids is 1. The standard InChI is InChI=1S/C10H18N4O2/c11-9(14-16)7-2-1-3-8(7)13-10(15)12-6-4-5-6/h6-8,16H,1-5H2,(H2,11,14)(H2,12,13,15). The van der Waals surface area contributed by atoms with E-state index >= 15 is 0 Å². The molecular formula is C10H18N4O2. The lowest BCUT2D eigenvalue weighted by atomic mass is 10.0. The molecule has 0 bridgehead atoms. The maximum absolute atomic E-state index is 11.5. The van der Waals surface area contributed by atoms with Gasteiger partial charge in [0.05, 0.1) is 0 Å². The van der Waals surface area contributed by atoms with Crippen LogP contribution in [0.2, 0.25) is 0 Å². The molecule has 0 aliphatic heterocycles. The van der Waals surface area contributed by atoms with E-state index in [0.29, 0.717) is 6.04 Å². The second kappa shape index (κ2) is 4.59. The van der Waals surface area contributed by atoms with Crippen LogP contribution in [0.5, 0.6) is 0 Å². The van der Waals surface area contributed by atoms with Crippen LogP contribution in [0.25, 0.3) is 0 Å². The normalized spacial score (nSPS) is 30.1. The Kier molecular flexibility index (Phi) is 3.17. The fourth-order valence-corrected chi connectivity index (χ4v) is 2.18. The Hall–Kier alpha value is -1.46. The molecule has 0 aromatic heterocycles. The van der Waals surface area contributed by atoms with Crippen molar-refractivity contribution < 1.29 is 10.0 Å². The van der Waals surface area contributed by atoms with E-state index in [-0.39, 0.29) is 23.8 Å². The number of rotatable bonds is 3. The monoisotopic (exact) mass is 226 g/mol. The number of nitrogens with one attached hydrogen (secondary N) is 2. The van der Waals surface area contributed by atoms with Gasteiger partial charge in [0.25, 0.3) is 0 Å². The van der Waals surface area contributed by atoms with Crippen LogP contribution >= 0.6 is 0 Å². The van der Waals surface area contributed by atoms with Gasteiger partial charge >= 0.3 is 6.03 Å². The molecule has 0 spiro atoms. The van der Waals surface area contributed by atoms with E-state index in [1.807, 2.05) is 0 Å². The molecule has 2 atom stereocenters.